The second-order valence-corrected chi connectivity index (χ2v) is 5.48. The van der Waals surface area contributed by atoms with E-state index in [-0.39, 0.29) is 18.0 Å². The Morgan fingerprint density at radius 3 is 1.96 bits per heavy atom. The number of ether oxygens (including phenoxy) is 5. The Morgan fingerprint density at radius 1 is 0.840 bits per heavy atom. The van der Waals surface area contributed by atoms with Crippen LogP contribution in [0.15, 0.2) is 30.3 Å². The molecular weight excluding hydrogens is 324 g/mol. The first-order valence-electron chi connectivity index (χ1n) is 7.80. The number of Topliss-reactive ketones (excluding diaryl/α,β-unsaturated/α-hetero) is 1. The summed E-state index contributed by atoms with van der Waals surface area (Å²) in [4.78, 5) is 12.9. The second-order valence-electron chi connectivity index (χ2n) is 5.48. The topological polar surface area (TPSA) is 63.2 Å². The highest BCUT2D eigenvalue weighted by Gasteiger charge is 2.38. The Hall–Kier alpha value is -2.89. The van der Waals surface area contributed by atoms with Gasteiger partial charge >= 0.3 is 0 Å². The molecule has 0 amide bonds. The van der Waals surface area contributed by atoms with Crippen LogP contribution in [0.4, 0.5) is 0 Å². The van der Waals surface area contributed by atoms with Gasteiger partial charge in [0.1, 0.15) is 11.7 Å². The van der Waals surface area contributed by atoms with E-state index in [9.17, 15) is 4.79 Å². The molecule has 0 bridgehead atoms. The monoisotopic (exact) mass is 344 g/mol. The van der Waals surface area contributed by atoms with Crippen molar-refractivity contribution in [1.29, 1.82) is 0 Å². The fourth-order valence-corrected chi connectivity index (χ4v) is 3.06. The number of methoxy groups -OCH3 is 4. The normalized spacial score (nSPS) is 15.8. The van der Waals surface area contributed by atoms with Crippen molar-refractivity contribution in [1.82, 2.24) is 0 Å². The van der Waals surface area contributed by atoms with Gasteiger partial charge in [0, 0.05) is 0 Å². The molecule has 6 heteroatoms. The van der Waals surface area contributed by atoms with Crippen molar-refractivity contribution in [3.8, 4) is 28.7 Å². The van der Waals surface area contributed by atoms with Crippen LogP contribution in [0.2, 0.25) is 0 Å². The summed E-state index contributed by atoms with van der Waals surface area (Å²) in [5.74, 6) is 1.42. The Balaban J connectivity index is 2.21. The molecule has 0 radical (unpaired) electrons. The van der Waals surface area contributed by atoms with Gasteiger partial charge in [-0.1, -0.05) is 30.3 Å². The highest BCUT2D eigenvalue weighted by Crippen LogP contribution is 2.56. The zero-order valence-corrected chi connectivity index (χ0v) is 14.6. The molecule has 0 aliphatic carbocycles. The van der Waals surface area contributed by atoms with Gasteiger partial charge in [0.05, 0.1) is 34.9 Å². The molecule has 2 aromatic rings. The minimum atomic E-state index is -0.405. The average molecular weight is 344 g/mol. The van der Waals surface area contributed by atoms with Gasteiger partial charge in [-0.15, -0.1) is 0 Å². The highest BCUT2D eigenvalue weighted by atomic mass is 16.6. The van der Waals surface area contributed by atoms with Crippen molar-refractivity contribution < 1.29 is 28.5 Å². The molecule has 0 N–H and O–H groups in total. The average Bonchev–Trinajstić information content (AvgIpc) is 2.66. The Labute approximate surface area is 146 Å². The van der Waals surface area contributed by atoms with Gasteiger partial charge in [-0.2, -0.15) is 0 Å². The third kappa shape index (κ3) is 2.73. The summed E-state index contributed by atoms with van der Waals surface area (Å²) >= 11 is 0. The SMILES string of the molecule is COc1c(OC)c(OC)c2c(c1OC)O[C@@H](c1ccccc1)CC2=O. The Morgan fingerprint density at radius 2 is 1.40 bits per heavy atom. The molecule has 25 heavy (non-hydrogen) atoms. The van der Waals surface area contributed by atoms with Crippen LogP contribution in [-0.2, 0) is 0 Å². The summed E-state index contributed by atoms with van der Waals surface area (Å²) in [6, 6.07) is 9.58. The number of rotatable bonds is 5. The van der Waals surface area contributed by atoms with Crippen LogP contribution in [-0.4, -0.2) is 34.2 Å². The number of hydrogen-bond acceptors (Lipinski definition) is 6. The molecule has 1 atom stereocenters. The van der Waals surface area contributed by atoms with Crippen LogP contribution in [0.5, 0.6) is 28.7 Å². The predicted octanol–water partition coefficient (Wildman–Crippen LogP) is 3.43. The number of ketones is 1. The van der Waals surface area contributed by atoms with E-state index in [2.05, 4.69) is 0 Å². The lowest BCUT2D eigenvalue weighted by atomic mass is 9.94. The lowest BCUT2D eigenvalue weighted by molar-refractivity contribution is 0.0833. The number of fused-ring (bicyclic) bond motifs is 1. The zero-order chi connectivity index (χ0) is 18.0. The molecule has 0 spiro atoms. The smallest absolute Gasteiger partial charge is 0.211 e. The van der Waals surface area contributed by atoms with Gasteiger partial charge in [-0.05, 0) is 5.56 Å². The van der Waals surface area contributed by atoms with E-state index >= 15 is 0 Å². The van der Waals surface area contributed by atoms with Crippen LogP contribution >= 0.6 is 0 Å². The maximum absolute atomic E-state index is 12.9. The molecule has 0 saturated carbocycles. The van der Waals surface area contributed by atoms with E-state index in [0.29, 0.717) is 28.6 Å². The molecule has 2 aromatic carbocycles. The lowest BCUT2D eigenvalue weighted by Gasteiger charge is -2.29. The fraction of sp³-hybridized carbons (Fsp3) is 0.316. The first-order chi connectivity index (χ1) is 12.2. The van der Waals surface area contributed by atoms with Crippen molar-refractivity contribution in [2.45, 2.75) is 12.5 Å². The molecule has 1 aliphatic rings. The van der Waals surface area contributed by atoms with Crippen LogP contribution < -0.4 is 23.7 Å². The van der Waals surface area contributed by atoms with E-state index in [1.807, 2.05) is 30.3 Å². The molecule has 6 nitrogen and oxygen atoms in total. The van der Waals surface area contributed by atoms with Gasteiger partial charge in [0.25, 0.3) is 0 Å². The molecule has 132 valence electrons. The summed E-state index contributed by atoms with van der Waals surface area (Å²) in [6.45, 7) is 0. The molecule has 0 fully saturated rings. The van der Waals surface area contributed by atoms with Gasteiger partial charge in [-0.25, -0.2) is 0 Å². The predicted molar refractivity (Wildman–Crippen MR) is 91.4 cm³/mol. The van der Waals surface area contributed by atoms with Crippen molar-refractivity contribution in [3.05, 3.63) is 41.5 Å². The maximum Gasteiger partial charge on any atom is 0.211 e. The quantitative estimate of drug-likeness (QED) is 0.828. The molecule has 0 unspecified atom stereocenters. The van der Waals surface area contributed by atoms with Gasteiger partial charge in [0.2, 0.25) is 17.2 Å². The summed E-state index contributed by atoms with van der Waals surface area (Å²) in [7, 11) is 5.93. The second kappa shape index (κ2) is 6.93. The van der Waals surface area contributed by atoms with Gasteiger partial charge in [-0.3, -0.25) is 4.79 Å². The van der Waals surface area contributed by atoms with Crippen LogP contribution in [0.1, 0.15) is 28.4 Å². The maximum atomic E-state index is 12.9. The van der Waals surface area contributed by atoms with Crippen molar-refractivity contribution in [2.75, 3.05) is 28.4 Å². The molecule has 1 aliphatic heterocycles. The fourth-order valence-electron chi connectivity index (χ4n) is 3.06. The first-order valence-corrected chi connectivity index (χ1v) is 7.80. The van der Waals surface area contributed by atoms with Crippen LogP contribution in [0.3, 0.4) is 0 Å². The highest BCUT2D eigenvalue weighted by molar-refractivity contribution is 6.05. The minimum absolute atomic E-state index is 0.105. The third-order valence-electron chi connectivity index (χ3n) is 4.18. The molecule has 0 aromatic heterocycles. The summed E-state index contributed by atoms with van der Waals surface area (Å²) in [5, 5.41) is 0. The van der Waals surface area contributed by atoms with E-state index in [4.69, 9.17) is 23.7 Å². The number of carbonyl (C=O) groups excluding carboxylic acids is 1. The number of hydrogen-bond donors (Lipinski definition) is 0. The van der Waals surface area contributed by atoms with E-state index in [1.165, 1.54) is 28.4 Å². The minimum Gasteiger partial charge on any atom is -0.492 e. The number of carbonyl (C=O) groups is 1. The summed E-state index contributed by atoms with van der Waals surface area (Å²) in [5.41, 5.74) is 1.22. The zero-order valence-electron chi connectivity index (χ0n) is 14.6. The lowest BCUT2D eigenvalue weighted by Crippen LogP contribution is -2.22. The van der Waals surface area contributed by atoms with Gasteiger partial charge < -0.3 is 23.7 Å². The van der Waals surface area contributed by atoms with E-state index in [1.54, 1.807) is 0 Å². The molecule has 1 heterocycles. The molecular formula is C19H20O6. The Kier molecular flexibility index (Phi) is 4.70. The molecule has 0 saturated heterocycles. The van der Waals surface area contributed by atoms with Crippen LogP contribution in [0, 0.1) is 0 Å². The Bertz CT molecular complexity index is 784. The van der Waals surface area contributed by atoms with Crippen molar-refractivity contribution in [3.63, 3.8) is 0 Å². The third-order valence-corrected chi connectivity index (χ3v) is 4.18. The van der Waals surface area contributed by atoms with E-state index < -0.39 is 6.10 Å². The van der Waals surface area contributed by atoms with Gasteiger partial charge in [0.15, 0.2) is 17.3 Å². The van der Waals surface area contributed by atoms with Crippen molar-refractivity contribution in [2.24, 2.45) is 0 Å². The largest absolute Gasteiger partial charge is 0.492 e. The first kappa shape index (κ1) is 17.0. The summed E-state index contributed by atoms with van der Waals surface area (Å²) < 4.78 is 27.8. The van der Waals surface area contributed by atoms with Crippen LogP contribution in [0.25, 0.3) is 0 Å². The molecule has 3 rings (SSSR count). The van der Waals surface area contributed by atoms with Crippen molar-refractivity contribution >= 4 is 5.78 Å². The van der Waals surface area contributed by atoms with E-state index in [0.717, 1.165) is 5.56 Å². The standard InChI is InChI=1S/C19H20O6/c1-21-15-14-12(20)10-13(11-8-6-5-7-9-11)25-16(14)18(23-3)19(24-4)17(15)22-2/h5-9,13H,10H2,1-4H3/t13-/m1/s1. The number of benzene rings is 2. The summed E-state index contributed by atoms with van der Waals surface area (Å²) in [6.07, 6.45) is -0.204.